The number of carboxylic acid groups (broad SMARTS) is 1. The Hall–Kier alpha value is -4.96. The smallest absolute Gasteiger partial charge is 0.326 e. The highest BCUT2D eigenvalue weighted by molar-refractivity contribution is 5.97. The summed E-state index contributed by atoms with van der Waals surface area (Å²) in [6, 6.07) is 19.2. The van der Waals surface area contributed by atoms with Crippen LogP contribution in [0.5, 0.6) is 5.75 Å². The standard InChI is InChI=1S/C56H73N3O7/c1-34(2)41-21-27-56(29-28-54(6)42(47(41)56)19-20-45-53(5)25-23-46(61)52(3,4)44(53)22-26-55(45,54)7)51(66)57-30-24-35-9-8-10-39(31-35)48(62)58-33-37-11-15-38(16-12-37)49(63)59-43(50(64)65)32-36-13-17-40(60)18-14-36/h8-18,31,41-47,60-61H,1,19-30,32-33H2,2-7H3,(H,57,66)(H,58,62)(H,59,63)(H,64,65)/t41-,42?,43+,44?,45?,46-,47?,53-,54+,55+,56-/m0/s1. The van der Waals surface area contributed by atoms with Gasteiger partial charge in [-0.15, -0.1) is 0 Å². The molecule has 3 aromatic carbocycles. The predicted octanol–water partition coefficient (Wildman–Crippen LogP) is 9.43. The van der Waals surface area contributed by atoms with Gasteiger partial charge in [-0.25, -0.2) is 4.79 Å². The minimum atomic E-state index is -1.17. The third-order valence-corrected chi connectivity index (χ3v) is 19.0. The van der Waals surface area contributed by atoms with Gasteiger partial charge in [0.05, 0.1) is 11.5 Å². The Bertz CT molecular complexity index is 2340. The number of benzene rings is 3. The van der Waals surface area contributed by atoms with E-state index in [1.165, 1.54) is 37.0 Å². The van der Waals surface area contributed by atoms with Gasteiger partial charge < -0.3 is 31.3 Å². The zero-order valence-electron chi connectivity index (χ0n) is 40.1. The van der Waals surface area contributed by atoms with Crippen molar-refractivity contribution < 1.29 is 34.5 Å². The first-order chi connectivity index (χ1) is 31.2. The lowest BCUT2D eigenvalue weighted by atomic mass is 9.32. The highest BCUT2D eigenvalue weighted by Crippen LogP contribution is 2.77. The maximum absolute atomic E-state index is 14.8. The fourth-order valence-corrected chi connectivity index (χ4v) is 15.3. The summed E-state index contributed by atoms with van der Waals surface area (Å²) < 4.78 is 0. The van der Waals surface area contributed by atoms with Crippen LogP contribution in [0.1, 0.15) is 143 Å². The molecule has 0 bridgehead atoms. The van der Waals surface area contributed by atoms with E-state index in [1.54, 1.807) is 42.5 Å². The number of hydrogen-bond acceptors (Lipinski definition) is 6. The zero-order chi connectivity index (χ0) is 47.4. The van der Waals surface area contributed by atoms with Gasteiger partial charge in [0, 0.05) is 30.6 Å². The van der Waals surface area contributed by atoms with Crippen LogP contribution in [0.2, 0.25) is 0 Å². The number of aliphatic hydroxyl groups excluding tert-OH is 1. The number of aliphatic hydroxyl groups is 1. The molecule has 11 atom stereocenters. The van der Waals surface area contributed by atoms with E-state index in [2.05, 4.69) is 64.1 Å². The van der Waals surface area contributed by atoms with Gasteiger partial charge in [0.2, 0.25) is 5.91 Å². The number of fused-ring (bicyclic) bond motifs is 7. The number of aliphatic carboxylic acids is 1. The molecule has 10 heteroatoms. The second-order valence-electron chi connectivity index (χ2n) is 22.5. The number of phenolic OH excluding ortho intramolecular Hbond substituents is 1. The Morgan fingerprint density at radius 3 is 2.14 bits per heavy atom. The highest BCUT2D eigenvalue weighted by Gasteiger charge is 2.71. The SMILES string of the molecule is C=C(C)[C@@H]1CC[C@]2(C(=O)NCCc3cccc(C(=O)NCc4ccc(C(=O)N[C@H](Cc5ccc(O)cc5)C(=O)O)cc4)c3)CC[C@]3(C)C(CCC4[C@@]5(C)CC[C@H](O)C(C)(C)C5CC[C@]43C)C12. The first-order valence-corrected chi connectivity index (χ1v) is 24.6. The molecule has 0 heterocycles. The van der Waals surface area contributed by atoms with Crippen molar-refractivity contribution in [2.24, 2.45) is 56.7 Å². The van der Waals surface area contributed by atoms with Gasteiger partial charge in [-0.05, 0) is 182 Å². The normalized spacial score (nSPS) is 33.4. The minimum absolute atomic E-state index is 0.0618. The molecule has 0 aromatic heterocycles. The summed E-state index contributed by atoms with van der Waals surface area (Å²) >= 11 is 0. The molecule has 354 valence electrons. The van der Waals surface area contributed by atoms with Gasteiger partial charge in [0.25, 0.3) is 11.8 Å². The summed E-state index contributed by atoms with van der Waals surface area (Å²) in [7, 11) is 0. The van der Waals surface area contributed by atoms with Crippen LogP contribution in [0.3, 0.4) is 0 Å². The Morgan fingerprint density at radius 2 is 1.44 bits per heavy atom. The molecule has 0 saturated heterocycles. The van der Waals surface area contributed by atoms with Crippen molar-refractivity contribution >= 4 is 23.7 Å². The van der Waals surface area contributed by atoms with Gasteiger partial charge in [-0.3, -0.25) is 14.4 Å². The first-order valence-electron chi connectivity index (χ1n) is 24.6. The summed E-state index contributed by atoms with van der Waals surface area (Å²) in [5.74, 6) is 0.531. The second-order valence-corrected chi connectivity index (χ2v) is 22.5. The van der Waals surface area contributed by atoms with Crippen LogP contribution in [0.15, 0.2) is 84.9 Å². The summed E-state index contributed by atoms with van der Waals surface area (Å²) in [5, 5.41) is 39.4. The van der Waals surface area contributed by atoms with Crippen molar-refractivity contribution in [1.82, 2.24) is 16.0 Å². The number of allylic oxidation sites excluding steroid dienone is 1. The lowest BCUT2D eigenvalue weighted by Gasteiger charge is -2.72. The molecule has 0 radical (unpaired) electrons. The number of phenols is 1. The Balaban J connectivity index is 0.872. The van der Waals surface area contributed by atoms with E-state index in [0.717, 1.165) is 56.1 Å². The first kappa shape index (κ1) is 47.5. The molecule has 5 aliphatic carbocycles. The van der Waals surface area contributed by atoms with Crippen molar-refractivity contribution in [3.63, 3.8) is 0 Å². The summed E-state index contributed by atoms with van der Waals surface area (Å²) in [4.78, 5) is 53.0. The predicted molar refractivity (Wildman–Crippen MR) is 256 cm³/mol. The number of carboxylic acids is 1. The monoisotopic (exact) mass is 900 g/mol. The number of hydrogen-bond donors (Lipinski definition) is 6. The van der Waals surface area contributed by atoms with E-state index >= 15 is 0 Å². The quantitative estimate of drug-likeness (QED) is 0.0931. The fraction of sp³-hybridized carbons (Fsp3) is 0.571. The Kier molecular flexibility index (Phi) is 12.9. The molecule has 3 amide bonds. The third-order valence-electron chi connectivity index (χ3n) is 19.0. The molecule has 5 aliphatic rings. The zero-order valence-corrected chi connectivity index (χ0v) is 40.1. The molecule has 0 aliphatic heterocycles. The number of amides is 3. The van der Waals surface area contributed by atoms with Crippen LogP contribution in [-0.2, 0) is 29.0 Å². The summed E-state index contributed by atoms with van der Waals surface area (Å²) in [5.41, 5.74) is 4.46. The second kappa shape index (κ2) is 17.9. The fourth-order valence-electron chi connectivity index (χ4n) is 15.3. The number of nitrogens with one attached hydrogen (secondary N) is 3. The maximum Gasteiger partial charge on any atom is 0.326 e. The van der Waals surface area contributed by atoms with E-state index in [1.807, 2.05) is 18.2 Å². The van der Waals surface area contributed by atoms with Crippen LogP contribution in [-0.4, -0.2) is 57.7 Å². The molecule has 8 rings (SSSR count). The van der Waals surface area contributed by atoms with Crippen molar-refractivity contribution in [3.8, 4) is 5.75 Å². The molecule has 3 aromatic rings. The molecule has 0 spiro atoms. The van der Waals surface area contributed by atoms with E-state index in [-0.39, 0.29) is 64.2 Å². The number of rotatable bonds is 13. The van der Waals surface area contributed by atoms with Crippen LogP contribution < -0.4 is 16.0 Å². The lowest BCUT2D eigenvalue weighted by Crippen LogP contribution is -2.67. The molecule has 4 unspecified atom stereocenters. The molecule has 10 nitrogen and oxygen atoms in total. The van der Waals surface area contributed by atoms with Crippen molar-refractivity contribution in [3.05, 3.63) is 113 Å². The molecule has 5 fully saturated rings. The number of aromatic hydroxyl groups is 1. The minimum Gasteiger partial charge on any atom is -0.508 e. The molecule has 5 saturated carbocycles. The molecular weight excluding hydrogens is 827 g/mol. The van der Waals surface area contributed by atoms with Gasteiger partial charge in [0.1, 0.15) is 11.8 Å². The van der Waals surface area contributed by atoms with E-state index in [0.29, 0.717) is 53.3 Å². The highest BCUT2D eigenvalue weighted by atomic mass is 16.4. The van der Waals surface area contributed by atoms with Gasteiger partial charge in [-0.2, -0.15) is 0 Å². The van der Waals surface area contributed by atoms with Crippen LogP contribution in [0.4, 0.5) is 0 Å². The maximum atomic E-state index is 14.8. The summed E-state index contributed by atoms with van der Waals surface area (Å²) in [6.07, 6.45) is 11.0. The van der Waals surface area contributed by atoms with Gasteiger partial charge >= 0.3 is 5.97 Å². The van der Waals surface area contributed by atoms with E-state index in [4.69, 9.17) is 0 Å². The van der Waals surface area contributed by atoms with Crippen molar-refractivity contribution in [2.45, 2.75) is 137 Å². The topological polar surface area (TPSA) is 165 Å². The summed E-state index contributed by atoms with van der Waals surface area (Å²) in [6.45, 7) is 19.9. The number of carbonyl (C=O) groups excluding carboxylic acids is 3. The largest absolute Gasteiger partial charge is 0.508 e. The Labute approximate surface area is 391 Å². The van der Waals surface area contributed by atoms with E-state index in [9.17, 15) is 34.5 Å². The van der Waals surface area contributed by atoms with Crippen LogP contribution >= 0.6 is 0 Å². The van der Waals surface area contributed by atoms with Crippen molar-refractivity contribution in [2.75, 3.05) is 6.54 Å². The Morgan fingerprint density at radius 1 is 0.727 bits per heavy atom. The van der Waals surface area contributed by atoms with Gasteiger partial charge in [0.15, 0.2) is 0 Å². The third kappa shape index (κ3) is 8.27. The average Bonchev–Trinajstić information content (AvgIpc) is 3.69. The van der Waals surface area contributed by atoms with E-state index < -0.39 is 23.3 Å². The van der Waals surface area contributed by atoms with Gasteiger partial charge in [-0.1, -0.05) is 83.2 Å². The van der Waals surface area contributed by atoms with Crippen molar-refractivity contribution in [1.29, 1.82) is 0 Å². The lowest BCUT2D eigenvalue weighted by molar-refractivity contribution is -0.246. The molecule has 66 heavy (non-hydrogen) atoms. The van der Waals surface area contributed by atoms with Crippen LogP contribution in [0, 0.1) is 56.7 Å². The molecule has 6 N–H and O–H groups in total. The average molecular weight is 900 g/mol. The number of carbonyl (C=O) groups is 4. The molecular formula is C56H73N3O7. The van der Waals surface area contributed by atoms with Crippen LogP contribution in [0.25, 0.3) is 0 Å².